The van der Waals surface area contributed by atoms with E-state index >= 15 is 0 Å². The van der Waals surface area contributed by atoms with Gasteiger partial charge in [0.2, 0.25) is 0 Å². The van der Waals surface area contributed by atoms with Gasteiger partial charge in [0.25, 0.3) is 0 Å². The minimum Gasteiger partial charge on any atom is -0.464 e. The second-order valence-corrected chi connectivity index (χ2v) is 1.68. The lowest BCUT2D eigenvalue weighted by atomic mass is 10.5. The van der Waals surface area contributed by atoms with E-state index in [2.05, 4.69) is 11.6 Å². The summed E-state index contributed by atoms with van der Waals surface area (Å²) in [6.07, 6.45) is 3.04. The number of aromatic nitrogens is 2. The number of imidazole rings is 1. The number of carboxylic acid groups (broad SMARTS) is 1. The van der Waals surface area contributed by atoms with E-state index in [4.69, 9.17) is 5.11 Å². The number of carbonyl (C=O) groups is 1. The van der Waals surface area contributed by atoms with Crippen LogP contribution in [0.4, 0.5) is 4.79 Å². The molecule has 0 atom stereocenters. The maximum atomic E-state index is 10.3. The highest BCUT2D eigenvalue weighted by Crippen LogP contribution is 1.98. The van der Waals surface area contributed by atoms with Crippen molar-refractivity contribution >= 4 is 12.2 Å². The molecule has 1 aromatic rings. The van der Waals surface area contributed by atoms with Crippen LogP contribution < -0.4 is 0 Å². The molecule has 1 heterocycles. The number of rotatable bonds is 1. The van der Waals surface area contributed by atoms with Crippen LogP contribution in [0.2, 0.25) is 0 Å². The summed E-state index contributed by atoms with van der Waals surface area (Å²) in [6, 6.07) is 0. The van der Waals surface area contributed by atoms with Crippen LogP contribution in [0.5, 0.6) is 0 Å². The molecule has 0 saturated heterocycles. The molecule has 0 unspecified atom stereocenters. The van der Waals surface area contributed by atoms with Gasteiger partial charge in [-0.2, -0.15) is 0 Å². The van der Waals surface area contributed by atoms with Gasteiger partial charge in [0.1, 0.15) is 6.33 Å². The van der Waals surface area contributed by atoms with Gasteiger partial charge < -0.3 is 5.11 Å². The van der Waals surface area contributed by atoms with Gasteiger partial charge in [-0.1, -0.05) is 6.58 Å². The standard InChI is InChI=1S/C6H6N2O2/c1-2-5-3-7-4-8(5)6(9)10/h2-4H,1H2,(H,9,10). The van der Waals surface area contributed by atoms with Crippen LogP contribution in [-0.4, -0.2) is 20.8 Å². The van der Waals surface area contributed by atoms with Gasteiger partial charge in [-0.15, -0.1) is 0 Å². The lowest BCUT2D eigenvalue weighted by Gasteiger charge is -1.93. The van der Waals surface area contributed by atoms with E-state index in [0.29, 0.717) is 5.69 Å². The van der Waals surface area contributed by atoms with Crippen LogP contribution in [0.1, 0.15) is 5.69 Å². The van der Waals surface area contributed by atoms with E-state index in [9.17, 15) is 4.79 Å². The molecule has 0 bridgehead atoms. The normalized spacial score (nSPS) is 9.20. The van der Waals surface area contributed by atoms with Crippen molar-refractivity contribution < 1.29 is 9.90 Å². The Bertz CT molecular complexity index is 264. The Hall–Kier alpha value is -1.58. The molecule has 1 N–H and O–H groups in total. The maximum absolute atomic E-state index is 10.3. The second-order valence-electron chi connectivity index (χ2n) is 1.68. The van der Waals surface area contributed by atoms with Crippen molar-refractivity contribution in [2.45, 2.75) is 0 Å². The zero-order valence-electron chi connectivity index (χ0n) is 5.19. The molecular formula is C6H6N2O2. The molecule has 52 valence electrons. The Labute approximate surface area is 57.4 Å². The molecule has 4 heteroatoms. The van der Waals surface area contributed by atoms with Gasteiger partial charge in [0.15, 0.2) is 0 Å². The molecule has 0 aliphatic rings. The van der Waals surface area contributed by atoms with Crippen molar-refractivity contribution in [1.82, 2.24) is 9.55 Å². The minimum absolute atomic E-state index is 0.479. The van der Waals surface area contributed by atoms with Crippen molar-refractivity contribution in [2.24, 2.45) is 0 Å². The first-order valence-corrected chi connectivity index (χ1v) is 2.64. The summed E-state index contributed by atoms with van der Waals surface area (Å²) in [6.45, 7) is 3.42. The van der Waals surface area contributed by atoms with Gasteiger partial charge >= 0.3 is 6.09 Å². The zero-order valence-corrected chi connectivity index (χ0v) is 5.19. The average Bonchev–Trinajstić information content (AvgIpc) is 2.33. The second kappa shape index (κ2) is 2.34. The molecule has 0 aromatic carbocycles. The molecule has 0 aliphatic heterocycles. The number of hydrogen-bond acceptors (Lipinski definition) is 2. The van der Waals surface area contributed by atoms with Crippen LogP contribution in [0, 0.1) is 0 Å². The molecule has 0 radical (unpaired) electrons. The molecule has 10 heavy (non-hydrogen) atoms. The summed E-state index contributed by atoms with van der Waals surface area (Å²) in [5.41, 5.74) is 0.479. The van der Waals surface area contributed by atoms with Crippen LogP contribution in [0.25, 0.3) is 6.08 Å². The highest BCUT2D eigenvalue weighted by Gasteiger charge is 2.02. The third-order valence-electron chi connectivity index (χ3n) is 1.08. The predicted octanol–water partition coefficient (Wildman–Crippen LogP) is 1.05. The predicted molar refractivity (Wildman–Crippen MR) is 35.7 cm³/mol. The van der Waals surface area contributed by atoms with Crippen LogP contribution in [0.3, 0.4) is 0 Å². The maximum Gasteiger partial charge on any atom is 0.417 e. The first kappa shape index (κ1) is 6.54. The highest BCUT2D eigenvalue weighted by atomic mass is 16.4. The smallest absolute Gasteiger partial charge is 0.417 e. The summed E-state index contributed by atoms with van der Waals surface area (Å²) in [7, 11) is 0. The van der Waals surface area contributed by atoms with E-state index in [1.807, 2.05) is 0 Å². The fourth-order valence-corrected chi connectivity index (χ4v) is 0.616. The molecule has 0 amide bonds. The lowest BCUT2D eigenvalue weighted by Crippen LogP contribution is -2.07. The average molecular weight is 138 g/mol. The quantitative estimate of drug-likeness (QED) is 0.631. The van der Waals surface area contributed by atoms with E-state index < -0.39 is 6.09 Å². The monoisotopic (exact) mass is 138 g/mol. The Morgan fingerprint density at radius 1 is 1.90 bits per heavy atom. The molecule has 0 aliphatic carbocycles. The van der Waals surface area contributed by atoms with E-state index in [1.165, 1.54) is 18.6 Å². The van der Waals surface area contributed by atoms with Crippen molar-refractivity contribution in [1.29, 1.82) is 0 Å². The van der Waals surface area contributed by atoms with Crippen LogP contribution in [-0.2, 0) is 0 Å². The Morgan fingerprint density at radius 2 is 2.60 bits per heavy atom. The zero-order chi connectivity index (χ0) is 7.56. The van der Waals surface area contributed by atoms with Crippen LogP contribution >= 0.6 is 0 Å². The van der Waals surface area contributed by atoms with Crippen molar-refractivity contribution in [2.75, 3.05) is 0 Å². The molecule has 4 nitrogen and oxygen atoms in total. The minimum atomic E-state index is -1.05. The third kappa shape index (κ3) is 0.907. The number of hydrogen-bond donors (Lipinski definition) is 1. The largest absolute Gasteiger partial charge is 0.464 e. The Balaban J connectivity index is 3.13. The molecule has 0 saturated carbocycles. The van der Waals surface area contributed by atoms with Gasteiger partial charge in [0, 0.05) is 0 Å². The molecular weight excluding hydrogens is 132 g/mol. The molecule has 0 fully saturated rings. The SMILES string of the molecule is C=Cc1cncn1C(=O)O. The van der Waals surface area contributed by atoms with E-state index in [0.717, 1.165) is 4.57 Å². The number of nitrogens with zero attached hydrogens (tertiary/aromatic N) is 2. The molecule has 1 rings (SSSR count). The van der Waals surface area contributed by atoms with Gasteiger partial charge in [-0.3, -0.25) is 0 Å². The lowest BCUT2D eigenvalue weighted by molar-refractivity contribution is 0.196. The summed E-state index contributed by atoms with van der Waals surface area (Å²) in [5, 5.41) is 8.46. The Kier molecular flexibility index (Phi) is 1.53. The van der Waals surface area contributed by atoms with Crippen molar-refractivity contribution in [3.63, 3.8) is 0 Å². The summed E-state index contributed by atoms with van der Waals surface area (Å²) in [4.78, 5) is 13.9. The highest BCUT2D eigenvalue weighted by molar-refractivity contribution is 5.71. The van der Waals surface area contributed by atoms with Gasteiger partial charge in [-0.05, 0) is 6.08 Å². The third-order valence-corrected chi connectivity index (χ3v) is 1.08. The summed E-state index contributed by atoms with van der Waals surface area (Å²) in [5.74, 6) is 0. The first-order chi connectivity index (χ1) is 4.75. The van der Waals surface area contributed by atoms with Crippen LogP contribution in [0.15, 0.2) is 19.1 Å². The summed E-state index contributed by atoms with van der Waals surface area (Å²) < 4.78 is 0.993. The topological polar surface area (TPSA) is 55.1 Å². The fourth-order valence-electron chi connectivity index (χ4n) is 0.616. The Morgan fingerprint density at radius 3 is 3.00 bits per heavy atom. The van der Waals surface area contributed by atoms with Gasteiger partial charge in [0.05, 0.1) is 11.9 Å². The van der Waals surface area contributed by atoms with Crippen molar-refractivity contribution in [3.05, 3.63) is 24.8 Å². The fraction of sp³-hybridized carbons (Fsp3) is 0. The van der Waals surface area contributed by atoms with Gasteiger partial charge in [-0.25, -0.2) is 14.3 Å². The van der Waals surface area contributed by atoms with E-state index in [-0.39, 0.29) is 0 Å². The molecule has 0 spiro atoms. The van der Waals surface area contributed by atoms with E-state index in [1.54, 1.807) is 0 Å². The first-order valence-electron chi connectivity index (χ1n) is 2.64. The molecule has 1 aromatic heterocycles. The summed E-state index contributed by atoms with van der Waals surface area (Å²) >= 11 is 0. The van der Waals surface area contributed by atoms with Crippen molar-refractivity contribution in [3.8, 4) is 0 Å².